The zero-order valence-corrected chi connectivity index (χ0v) is 10.1. The van der Waals surface area contributed by atoms with E-state index in [4.69, 9.17) is 23.2 Å². The topological polar surface area (TPSA) is 0 Å². The maximum atomic E-state index is 6.01. The maximum absolute atomic E-state index is 6.01. The van der Waals surface area contributed by atoms with Crippen molar-refractivity contribution in [1.29, 1.82) is 0 Å². The van der Waals surface area contributed by atoms with Gasteiger partial charge >= 0.3 is 0 Å². The Balaban J connectivity index is 2.31. The van der Waals surface area contributed by atoms with Crippen molar-refractivity contribution < 1.29 is 0 Å². The fourth-order valence-corrected chi connectivity index (χ4v) is 2.25. The van der Waals surface area contributed by atoms with Crippen LogP contribution in [0.15, 0.2) is 36.4 Å². The molecule has 76 valence electrons. The van der Waals surface area contributed by atoms with E-state index in [2.05, 4.69) is 12.1 Å². The van der Waals surface area contributed by atoms with Crippen LogP contribution in [0.1, 0.15) is 5.56 Å². The minimum atomic E-state index is 0.590. The van der Waals surface area contributed by atoms with Crippen LogP contribution in [0.4, 0.5) is 0 Å². The van der Waals surface area contributed by atoms with Gasteiger partial charge in [0.2, 0.25) is 0 Å². The second kappa shape index (κ2) is 7.22. The quantitative estimate of drug-likeness (QED) is 0.423. The van der Waals surface area contributed by atoms with Gasteiger partial charge in [0.1, 0.15) is 0 Å². The lowest BCUT2D eigenvalue weighted by Crippen LogP contribution is -1.82. The number of thioether (sulfide) groups is 1. The molecule has 0 nitrogen and oxygen atoms in total. The largest absolute Gasteiger partial charge is 0.153 e. The third-order valence-electron chi connectivity index (χ3n) is 1.69. The van der Waals surface area contributed by atoms with Crippen LogP contribution in [0.3, 0.4) is 0 Å². The summed E-state index contributed by atoms with van der Waals surface area (Å²) in [6, 6.07) is 7.94. The van der Waals surface area contributed by atoms with E-state index in [0.29, 0.717) is 5.88 Å². The van der Waals surface area contributed by atoms with E-state index >= 15 is 0 Å². The van der Waals surface area contributed by atoms with Gasteiger partial charge in [-0.15, -0.1) is 11.6 Å². The second-order valence-corrected chi connectivity index (χ2v) is 4.48. The summed E-state index contributed by atoms with van der Waals surface area (Å²) in [5.41, 5.74) is 1.19. The molecule has 0 bridgehead atoms. The zero-order chi connectivity index (χ0) is 10.2. The van der Waals surface area contributed by atoms with Crippen molar-refractivity contribution in [3.05, 3.63) is 47.0 Å². The highest BCUT2D eigenvalue weighted by Crippen LogP contribution is 2.20. The molecule has 1 aromatic rings. The Morgan fingerprint density at radius 1 is 1.21 bits per heavy atom. The maximum Gasteiger partial charge on any atom is 0.0446 e. The predicted octanol–water partition coefficient (Wildman–Crippen LogP) is 4.37. The number of benzene rings is 1. The Morgan fingerprint density at radius 3 is 2.71 bits per heavy atom. The SMILES string of the molecule is ClC/C=C/CSCc1ccccc1Cl. The van der Waals surface area contributed by atoms with Crippen molar-refractivity contribution >= 4 is 35.0 Å². The average molecular weight is 247 g/mol. The normalized spacial score (nSPS) is 11.0. The van der Waals surface area contributed by atoms with E-state index in [9.17, 15) is 0 Å². The summed E-state index contributed by atoms with van der Waals surface area (Å²) < 4.78 is 0. The molecule has 0 unspecified atom stereocenters. The fourth-order valence-electron chi connectivity index (χ4n) is 0.983. The van der Waals surface area contributed by atoms with E-state index in [0.717, 1.165) is 16.5 Å². The highest BCUT2D eigenvalue weighted by molar-refractivity contribution is 7.98. The molecule has 0 fully saturated rings. The molecule has 0 saturated carbocycles. The molecule has 0 radical (unpaired) electrons. The molecule has 1 rings (SSSR count). The van der Waals surface area contributed by atoms with Gasteiger partial charge in [-0.2, -0.15) is 11.8 Å². The monoisotopic (exact) mass is 246 g/mol. The molecule has 14 heavy (non-hydrogen) atoms. The average Bonchev–Trinajstić information content (AvgIpc) is 2.20. The van der Waals surface area contributed by atoms with E-state index in [1.54, 1.807) is 0 Å². The Morgan fingerprint density at radius 2 is 2.00 bits per heavy atom. The summed E-state index contributed by atoms with van der Waals surface area (Å²) in [7, 11) is 0. The Labute approximate surface area is 99.3 Å². The zero-order valence-electron chi connectivity index (χ0n) is 7.75. The van der Waals surface area contributed by atoms with Gasteiger partial charge < -0.3 is 0 Å². The first-order valence-corrected chi connectivity index (χ1v) is 6.43. The van der Waals surface area contributed by atoms with Crippen molar-refractivity contribution in [2.24, 2.45) is 0 Å². The number of hydrogen-bond donors (Lipinski definition) is 0. The van der Waals surface area contributed by atoms with Crippen LogP contribution >= 0.6 is 35.0 Å². The molecule has 0 saturated heterocycles. The van der Waals surface area contributed by atoms with Gasteiger partial charge in [-0.05, 0) is 11.6 Å². The van der Waals surface area contributed by atoms with Gasteiger partial charge in [-0.1, -0.05) is 42.0 Å². The molecular weight excluding hydrogens is 235 g/mol. The smallest absolute Gasteiger partial charge is 0.0446 e. The number of halogens is 2. The summed E-state index contributed by atoms with van der Waals surface area (Å²) in [6.45, 7) is 0. The molecule has 0 N–H and O–H groups in total. The summed E-state index contributed by atoms with van der Waals surface area (Å²) >= 11 is 13.3. The third kappa shape index (κ3) is 4.41. The standard InChI is InChI=1S/C11H12Cl2S/c12-7-3-4-8-14-9-10-5-1-2-6-11(10)13/h1-6H,7-9H2/b4-3+. The lowest BCUT2D eigenvalue weighted by atomic mass is 10.2. The van der Waals surface area contributed by atoms with Crippen LogP contribution < -0.4 is 0 Å². The van der Waals surface area contributed by atoms with Gasteiger partial charge in [-0.3, -0.25) is 0 Å². The van der Waals surface area contributed by atoms with Crippen molar-refractivity contribution in [2.75, 3.05) is 11.6 Å². The van der Waals surface area contributed by atoms with E-state index in [-0.39, 0.29) is 0 Å². The van der Waals surface area contributed by atoms with Gasteiger partial charge in [-0.25, -0.2) is 0 Å². The third-order valence-corrected chi connectivity index (χ3v) is 3.18. The highest BCUT2D eigenvalue weighted by Gasteiger charge is 1.97. The van der Waals surface area contributed by atoms with Gasteiger partial charge in [0.15, 0.2) is 0 Å². The highest BCUT2D eigenvalue weighted by atomic mass is 35.5. The molecule has 0 atom stereocenters. The molecule has 0 spiro atoms. The van der Waals surface area contributed by atoms with E-state index < -0.39 is 0 Å². The lowest BCUT2D eigenvalue weighted by molar-refractivity contribution is 1.41. The van der Waals surface area contributed by atoms with Crippen molar-refractivity contribution in [2.45, 2.75) is 5.75 Å². The number of rotatable bonds is 5. The van der Waals surface area contributed by atoms with Crippen LogP contribution in [0.5, 0.6) is 0 Å². The van der Waals surface area contributed by atoms with Crippen molar-refractivity contribution in [1.82, 2.24) is 0 Å². The lowest BCUT2D eigenvalue weighted by Gasteiger charge is -2.01. The van der Waals surface area contributed by atoms with Crippen LogP contribution in [0.25, 0.3) is 0 Å². The predicted molar refractivity (Wildman–Crippen MR) is 67.5 cm³/mol. The van der Waals surface area contributed by atoms with Crippen LogP contribution in [0.2, 0.25) is 5.02 Å². The Kier molecular flexibility index (Phi) is 6.17. The summed E-state index contributed by atoms with van der Waals surface area (Å²) in [5.74, 6) is 2.52. The van der Waals surface area contributed by atoms with Crippen LogP contribution in [-0.4, -0.2) is 11.6 Å². The fraction of sp³-hybridized carbons (Fsp3) is 0.273. The second-order valence-electron chi connectivity index (χ2n) is 2.73. The Bertz CT molecular complexity index is 297. The van der Waals surface area contributed by atoms with E-state index in [1.807, 2.05) is 36.0 Å². The first-order valence-electron chi connectivity index (χ1n) is 4.36. The first-order chi connectivity index (χ1) is 6.84. The van der Waals surface area contributed by atoms with Gasteiger partial charge in [0, 0.05) is 22.4 Å². The van der Waals surface area contributed by atoms with Crippen molar-refractivity contribution in [3.8, 4) is 0 Å². The van der Waals surface area contributed by atoms with E-state index in [1.165, 1.54) is 5.56 Å². The molecule has 0 aromatic heterocycles. The summed E-state index contributed by atoms with van der Waals surface area (Å²) in [4.78, 5) is 0. The molecule has 1 aromatic carbocycles. The number of alkyl halides is 1. The molecule has 0 aliphatic carbocycles. The van der Waals surface area contributed by atoms with Crippen LogP contribution in [-0.2, 0) is 5.75 Å². The van der Waals surface area contributed by atoms with Crippen LogP contribution in [0, 0.1) is 0 Å². The minimum absolute atomic E-state index is 0.590. The minimum Gasteiger partial charge on any atom is -0.153 e. The molecule has 0 heterocycles. The number of hydrogen-bond acceptors (Lipinski definition) is 1. The molecule has 3 heteroatoms. The molecular formula is C11H12Cl2S. The summed E-state index contributed by atoms with van der Waals surface area (Å²) in [6.07, 6.45) is 4.04. The van der Waals surface area contributed by atoms with Gasteiger partial charge in [0.25, 0.3) is 0 Å². The Hall–Kier alpha value is -0.110. The van der Waals surface area contributed by atoms with Gasteiger partial charge in [0.05, 0.1) is 0 Å². The molecule has 0 amide bonds. The summed E-state index contributed by atoms with van der Waals surface area (Å²) in [5, 5.41) is 0.848. The first kappa shape index (κ1) is 12.0. The molecule has 0 aliphatic rings. The number of allylic oxidation sites excluding steroid dienone is 1. The molecule has 0 aliphatic heterocycles. The van der Waals surface area contributed by atoms with Crippen molar-refractivity contribution in [3.63, 3.8) is 0 Å².